The van der Waals surface area contributed by atoms with Crippen LogP contribution in [-0.4, -0.2) is 38.8 Å². The summed E-state index contributed by atoms with van der Waals surface area (Å²) >= 11 is 0. The van der Waals surface area contributed by atoms with E-state index >= 15 is 0 Å². The van der Waals surface area contributed by atoms with Gasteiger partial charge >= 0.3 is 0 Å². The molecule has 0 fully saturated rings. The third kappa shape index (κ3) is 3.81. The Balaban J connectivity index is 3.34. The first-order valence-electron chi connectivity index (χ1n) is 5.83. The standard InChI is InChI=1S/C13H17N3O3S/c1-10-5-6-12(11(8-10)4-3-7-14)20(18,19)16(2)9-13(15)17/h5-6,8H,7,9,14H2,1-2H3,(H2,15,17). The predicted molar refractivity (Wildman–Crippen MR) is 76.1 cm³/mol. The fraction of sp³-hybridized carbons (Fsp3) is 0.308. The van der Waals surface area contributed by atoms with Gasteiger partial charge in [-0.2, -0.15) is 4.31 Å². The zero-order valence-electron chi connectivity index (χ0n) is 11.4. The molecule has 20 heavy (non-hydrogen) atoms. The van der Waals surface area contributed by atoms with E-state index in [1.165, 1.54) is 13.1 Å². The Morgan fingerprint density at radius 1 is 1.40 bits per heavy atom. The Labute approximate surface area is 118 Å². The average molecular weight is 295 g/mol. The van der Waals surface area contributed by atoms with Crippen molar-refractivity contribution in [3.05, 3.63) is 29.3 Å². The highest BCUT2D eigenvalue weighted by molar-refractivity contribution is 7.89. The summed E-state index contributed by atoms with van der Waals surface area (Å²) in [6, 6.07) is 4.79. The number of likely N-dealkylation sites (N-methyl/N-ethyl adjacent to an activating group) is 1. The van der Waals surface area contributed by atoms with Crippen molar-refractivity contribution in [2.24, 2.45) is 11.5 Å². The number of carbonyl (C=O) groups is 1. The highest BCUT2D eigenvalue weighted by atomic mass is 32.2. The molecule has 0 unspecified atom stereocenters. The minimum atomic E-state index is -3.82. The Morgan fingerprint density at radius 3 is 2.60 bits per heavy atom. The van der Waals surface area contributed by atoms with Gasteiger partial charge in [0.25, 0.3) is 0 Å². The summed E-state index contributed by atoms with van der Waals surface area (Å²) in [4.78, 5) is 10.9. The van der Waals surface area contributed by atoms with Crippen LogP contribution in [0.2, 0.25) is 0 Å². The number of benzene rings is 1. The largest absolute Gasteiger partial charge is 0.369 e. The van der Waals surface area contributed by atoms with Crippen LogP contribution in [0.1, 0.15) is 11.1 Å². The molecular formula is C13H17N3O3S. The number of aryl methyl sites for hydroxylation is 1. The van der Waals surface area contributed by atoms with E-state index in [2.05, 4.69) is 11.8 Å². The predicted octanol–water partition coefficient (Wildman–Crippen LogP) is -0.589. The Morgan fingerprint density at radius 2 is 2.05 bits per heavy atom. The first-order valence-corrected chi connectivity index (χ1v) is 7.27. The number of amides is 1. The van der Waals surface area contributed by atoms with E-state index in [1.54, 1.807) is 12.1 Å². The number of nitrogens with zero attached hydrogens (tertiary/aromatic N) is 1. The number of sulfonamides is 1. The Kier molecular flexibility index (Phi) is 5.27. The van der Waals surface area contributed by atoms with Gasteiger partial charge in [-0.05, 0) is 24.6 Å². The van der Waals surface area contributed by atoms with Crippen LogP contribution in [0, 0.1) is 18.8 Å². The Hall–Kier alpha value is -1.88. The van der Waals surface area contributed by atoms with Crippen LogP contribution in [0.3, 0.4) is 0 Å². The van der Waals surface area contributed by atoms with Crippen LogP contribution in [0.15, 0.2) is 23.1 Å². The molecule has 0 aliphatic heterocycles. The highest BCUT2D eigenvalue weighted by Gasteiger charge is 2.24. The highest BCUT2D eigenvalue weighted by Crippen LogP contribution is 2.20. The van der Waals surface area contributed by atoms with Crippen LogP contribution >= 0.6 is 0 Å². The molecule has 7 heteroatoms. The van der Waals surface area contributed by atoms with E-state index in [-0.39, 0.29) is 18.0 Å². The normalized spacial score (nSPS) is 11.0. The molecule has 0 aliphatic carbocycles. The molecular weight excluding hydrogens is 278 g/mol. The molecule has 1 aromatic rings. The zero-order valence-corrected chi connectivity index (χ0v) is 12.2. The molecule has 0 aliphatic rings. The van der Waals surface area contributed by atoms with Gasteiger partial charge in [-0.3, -0.25) is 4.79 Å². The molecule has 0 bridgehead atoms. The van der Waals surface area contributed by atoms with Crippen molar-refractivity contribution >= 4 is 15.9 Å². The minimum absolute atomic E-state index is 0.0350. The smallest absolute Gasteiger partial charge is 0.244 e. The van der Waals surface area contributed by atoms with E-state index in [9.17, 15) is 13.2 Å². The molecule has 0 radical (unpaired) electrons. The third-order valence-electron chi connectivity index (χ3n) is 2.53. The van der Waals surface area contributed by atoms with Gasteiger partial charge in [0.2, 0.25) is 15.9 Å². The summed E-state index contributed by atoms with van der Waals surface area (Å²) in [6.07, 6.45) is 0. The second-order valence-electron chi connectivity index (χ2n) is 4.23. The summed E-state index contributed by atoms with van der Waals surface area (Å²) in [6.45, 7) is 1.57. The quantitative estimate of drug-likeness (QED) is 0.724. The molecule has 1 amide bonds. The van der Waals surface area contributed by atoms with Crippen molar-refractivity contribution in [1.29, 1.82) is 0 Å². The van der Waals surface area contributed by atoms with E-state index < -0.39 is 15.9 Å². The van der Waals surface area contributed by atoms with Gasteiger partial charge < -0.3 is 11.5 Å². The summed E-state index contributed by atoms with van der Waals surface area (Å²) in [7, 11) is -2.53. The molecule has 0 saturated carbocycles. The topological polar surface area (TPSA) is 106 Å². The molecule has 0 aromatic heterocycles. The maximum absolute atomic E-state index is 12.4. The second kappa shape index (κ2) is 6.52. The second-order valence-corrected chi connectivity index (χ2v) is 6.25. The van der Waals surface area contributed by atoms with Crippen LogP contribution < -0.4 is 11.5 Å². The van der Waals surface area contributed by atoms with Gasteiger partial charge in [-0.25, -0.2) is 8.42 Å². The van der Waals surface area contributed by atoms with Gasteiger partial charge in [0.1, 0.15) is 0 Å². The van der Waals surface area contributed by atoms with Crippen LogP contribution in [0.4, 0.5) is 0 Å². The number of hydrogen-bond acceptors (Lipinski definition) is 4. The van der Waals surface area contributed by atoms with E-state index in [4.69, 9.17) is 11.5 Å². The lowest BCUT2D eigenvalue weighted by molar-refractivity contribution is -0.118. The van der Waals surface area contributed by atoms with Crippen molar-refractivity contribution in [3.8, 4) is 11.8 Å². The van der Waals surface area contributed by atoms with Gasteiger partial charge in [-0.1, -0.05) is 17.9 Å². The molecule has 0 saturated heterocycles. The number of rotatable bonds is 4. The lowest BCUT2D eigenvalue weighted by Gasteiger charge is -2.16. The maximum atomic E-state index is 12.4. The Bertz CT molecular complexity index is 672. The molecule has 4 N–H and O–H groups in total. The van der Waals surface area contributed by atoms with Crippen molar-refractivity contribution in [1.82, 2.24) is 4.31 Å². The van der Waals surface area contributed by atoms with E-state index in [1.807, 2.05) is 6.92 Å². The van der Waals surface area contributed by atoms with Gasteiger partial charge in [0.05, 0.1) is 18.0 Å². The van der Waals surface area contributed by atoms with E-state index in [0.29, 0.717) is 5.56 Å². The van der Waals surface area contributed by atoms with E-state index in [0.717, 1.165) is 9.87 Å². The zero-order chi connectivity index (χ0) is 15.3. The van der Waals surface area contributed by atoms with Crippen molar-refractivity contribution in [3.63, 3.8) is 0 Å². The first kappa shape index (κ1) is 16.2. The molecule has 1 rings (SSSR count). The molecule has 0 heterocycles. The van der Waals surface area contributed by atoms with Crippen LogP contribution in [0.25, 0.3) is 0 Å². The molecule has 1 aromatic carbocycles. The number of carbonyl (C=O) groups excluding carboxylic acids is 1. The molecule has 6 nitrogen and oxygen atoms in total. The number of hydrogen-bond donors (Lipinski definition) is 2. The lowest BCUT2D eigenvalue weighted by atomic mass is 10.1. The summed E-state index contributed by atoms with van der Waals surface area (Å²) in [5.74, 6) is 4.63. The monoisotopic (exact) mass is 295 g/mol. The summed E-state index contributed by atoms with van der Waals surface area (Å²) in [5.41, 5.74) is 11.6. The first-order chi connectivity index (χ1) is 9.28. The maximum Gasteiger partial charge on any atom is 0.244 e. The van der Waals surface area contributed by atoms with Gasteiger partial charge in [0, 0.05) is 12.6 Å². The van der Waals surface area contributed by atoms with Crippen LogP contribution in [-0.2, 0) is 14.8 Å². The average Bonchev–Trinajstić information content (AvgIpc) is 2.35. The number of nitrogens with two attached hydrogens (primary N) is 2. The molecule has 108 valence electrons. The molecule has 0 spiro atoms. The fourth-order valence-corrected chi connectivity index (χ4v) is 2.85. The van der Waals surface area contributed by atoms with Gasteiger partial charge in [-0.15, -0.1) is 0 Å². The molecule has 0 atom stereocenters. The summed E-state index contributed by atoms with van der Waals surface area (Å²) < 4.78 is 25.7. The van der Waals surface area contributed by atoms with Crippen molar-refractivity contribution in [2.75, 3.05) is 20.1 Å². The fourth-order valence-electron chi connectivity index (χ4n) is 1.59. The van der Waals surface area contributed by atoms with Crippen molar-refractivity contribution in [2.45, 2.75) is 11.8 Å². The van der Waals surface area contributed by atoms with Crippen molar-refractivity contribution < 1.29 is 13.2 Å². The van der Waals surface area contributed by atoms with Crippen LogP contribution in [0.5, 0.6) is 0 Å². The SMILES string of the molecule is Cc1ccc(S(=O)(=O)N(C)CC(N)=O)c(C#CCN)c1. The number of primary amides is 1. The van der Waals surface area contributed by atoms with Gasteiger partial charge in [0.15, 0.2) is 0 Å². The third-order valence-corrected chi connectivity index (χ3v) is 4.39. The lowest BCUT2D eigenvalue weighted by Crippen LogP contribution is -2.35. The summed E-state index contributed by atoms with van der Waals surface area (Å²) in [5, 5.41) is 0. The minimum Gasteiger partial charge on any atom is -0.369 e.